The zero-order valence-corrected chi connectivity index (χ0v) is 7.88. The maximum Gasteiger partial charge on any atom is 0.409 e. The molecule has 1 N–H and O–H groups in total. The minimum Gasteiger partial charge on any atom is -0.417 e. The molecule has 4 nitrogen and oxygen atoms in total. The molecular formula is C8H15NO3. The van der Waals surface area contributed by atoms with E-state index in [0.717, 1.165) is 0 Å². The number of hydrogen-bond donors (Lipinski definition) is 1. The summed E-state index contributed by atoms with van der Waals surface area (Å²) in [7, 11) is 1.53. The van der Waals surface area contributed by atoms with Gasteiger partial charge in [0.2, 0.25) is 6.29 Å². The van der Waals surface area contributed by atoms with E-state index in [-0.39, 0.29) is 11.5 Å². The lowest BCUT2D eigenvalue weighted by molar-refractivity contribution is -0.0844. The second kappa shape index (κ2) is 2.94. The van der Waals surface area contributed by atoms with Crippen LogP contribution in [0.25, 0.3) is 0 Å². The third-order valence-corrected chi connectivity index (χ3v) is 1.93. The van der Waals surface area contributed by atoms with Crippen LogP contribution in [0.15, 0.2) is 0 Å². The molecule has 0 unspecified atom stereocenters. The highest BCUT2D eigenvalue weighted by molar-refractivity contribution is 5.70. The Balaban J connectivity index is 2.70. The van der Waals surface area contributed by atoms with E-state index in [1.807, 2.05) is 20.8 Å². The van der Waals surface area contributed by atoms with Crippen molar-refractivity contribution in [2.75, 3.05) is 7.11 Å². The van der Waals surface area contributed by atoms with Crippen molar-refractivity contribution in [3.05, 3.63) is 0 Å². The molecule has 0 radical (unpaired) electrons. The van der Waals surface area contributed by atoms with Crippen LogP contribution in [-0.2, 0) is 9.47 Å². The minimum absolute atomic E-state index is 0.0488. The fourth-order valence-corrected chi connectivity index (χ4v) is 1.21. The van der Waals surface area contributed by atoms with Gasteiger partial charge in [0.05, 0.1) is 6.04 Å². The van der Waals surface area contributed by atoms with E-state index in [4.69, 9.17) is 9.47 Å². The van der Waals surface area contributed by atoms with Crippen LogP contribution in [0.3, 0.4) is 0 Å². The lowest BCUT2D eigenvalue weighted by Gasteiger charge is -2.28. The monoisotopic (exact) mass is 173 g/mol. The fraction of sp³-hybridized carbons (Fsp3) is 0.875. The first-order valence-corrected chi connectivity index (χ1v) is 3.95. The summed E-state index contributed by atoms with van der Waals surface area (Å²) in [6.45, 7) is 6.08. The van der Waals surface area contributed by atoms with Crippen molar-refractivity contribution in [2.45, 2.75) is 33.1 Å². The molecule has 0 aromatic rings. The summed E-state index contributed by atoms with van der Waals surface area (Å²) in [6, 6.07) is -0.0741. The van der Waals surface area contributed by atoms with E-state index in [1.54, 1.807) is 0 Å². The second-order valence-corrected chi connectivity index (χ2v) is 4.00. The van der Waals surface area contributed by atoms with Gasteiger partial charge in [0.1, 0.15) is 0 Å². The highest BCUT2D eigenvalue weighted by atomic mass is 16.7. The van der Waals surface area contributed by atoms with Crippen molar-refractivity contribution in [3.8, 4) is 0 Å². The molecule has 1 rings (SSSR count). The number of hydrogen-bond acceptors (Lipinski definition) is 3. The maximum atomic E-state index is 10.9. The fourth-order valence-electron chi connectivity index (χ4n) is 1.21. The van der Waals surface area contributed by atoms with Crippen LogP contribution >= 0.6 is 0 Å². The Morgan fingerprint density at radius 2 is 2.08 bits per heavy atom. The number of rotatable bonds is 1. The van der Waals surface area contributed by atoms with Gasteiger partial charge in [0.15, 0.2) is 0 Å². The van der Waals surface area contributed by atoms with Gasteiger partial charge < -0.3 is 14.8 Å². The molecule has 12 heavy (non-hydrogen) atoms. The van der Waals surface area contributed by atoms with E-state index in [2.05, 4.69) is 5.32 Å². The molecule has 1 heterocycles. The van der Waals surface area contributed by atoms with Crippen LogP contribution < -0.4 is 5.32 Å². The average Bonchev–Trinajstić information content (AvgIpc) is 2.29. The highest BCUT2D eigenvalue weighted by Gasteiger charge is 2.41. The SMILES string of the molecule is CO[C@@H]1OC(=O)N[C@H]1C(C)(C)C. The lowest BCUT2D eigenvalue weighted by Crippen LogP contribution is -2.43. The normalized spacial score (nSPS) is 29.8. The van der Waals surface area contributed by atoms with Gasteiger partial charge in [0, 0.05) is 7.11 Å². The second-order valence-electron chi connectivity index (χ2n) is 4.00. The standard InChI is InChI=1S/C8H15NO3/c1-8(2,3)5-6(11-4)12-7(10)9-5/h5-6H,1-4H3,(H,9,10)/t5-,6-/m1/s1. The molecule has 1 amide bonds. The van der Waals surface area contributed by atoms with Gasteiger partial charge in [-0.05, 0) is 5.41 Å². The number of amides is 1. The molecule has 1 saturated heterocycles. The number of nitrogens with one attached hydrogen (secondary N) is 1. The third-order valence-electron chi connectivity index (χ3n) is 1.93. The molecule has 0 spiro atoms. The first kappa shape index (κ1) is 9.32. The van der Waals surface area contributed by atoms with Gasteiger partial charge in [-0.2, -0.15) is 0 Å². The first-order valence-electron chi connectivity index (χ1n) is 3.95. The molecule has 2 atom stereocenters. The van der Waals surface area contributed by atoms with Crippen LogP contribution in [0.2, 0.25) is 0 Å². The number of carbonyl (C=O) groups is 1. The van der Waals surface area contributed by atoms with Crippen molar-refractivity contribution in [2.24, 2.45) is 5.41 Å². The van der Waals surface area contributed by atoms with Crippen molar-refractivity contribution >= 4 is 6.09 Å². The Labute approximate surface area is 72.2 Å². The van der Waals surface area contributed by atoms with Gasteiger partial charge in [0.25, 0.3) is 0 Å². The summed E-state index contributed by atoms with van der Waals surface area (Å²) in [6.07, 6.45) is -0.862. The molecule has 4 heteroatoms. The smallest absolute Gasteiger partial charge is 0.409 e. The average molecular weight is 173 g/mol. The summed E-state index contributed by atoms with van der Waals surface area (Å²) >= 11 is 0. The summed E-state index contributed by atoms with van der Waals surface area (Å²) in [5.41, 5.74) is -0.0488. The molecule has 70 valence electrons. The molecule has 0 saturated carbocycles. The zero-order valence-electron chi connectivity index (χ0n) is 7.88. The topological polar surface area (TPSA) is 47.6 Å². The number of cyclic esters (lactones) is 1. The Morgan fingerprint density at radius 1 is 1.50 bits per heavy atom. The predicted molar refractivity (Wildman–Crippen MR) is 43.7 cm³/mol. The molecule has 1 aliphatic heterocycles. The Hall–Kier alpha value is -0.770. The van der Waals surface area contributed by atoms with Gasteiger partial charge in [-0.3, -0.25) is 0 Å². The van der Waals surface area contributed by atoms with Gasteiger partial charge in [-0.15, -0.1) is 0 Å². The van der Waals surface area contributed by atoms with Crippen LogP contribution in [0, 0.1) is 5.41 Å². The van der Waals surface area contributed by atoms with E-state index in [0.29, 0.717) is 0 Å². The summed E-state index contributed by atoms with van der Waals surface area (Å²) in [5, 5.41) is 2.71. The van der Waals surface area contributed by atoms with E-state index >= 15 is 0 Å². The highest BCUT2D eigenvalue weighted by Crippen LogP contribution is 2.27. The van der Waals surface area contributed by atoms with Gasteiger partial charge >= 0.3 is 6.09 Å². The first-order chi connectivity index (χ1) is 5.45. The largest absolute Gasteiger partial charge is 0.417 e. The lowest BCUT2D eigenvalue weighted by atomic mass is 9.87. The molecule has 0 bridgehead atoms. The number of ether oxygens (including phenoxy) is 2. The molecule has 1 aliphatic rings. The zero-order chi connectivity index (χ0) is 9.35. The Kier molecular flexibility index (Phi) is 2.28. The molecule has 0 aromatic heterocycles. The molecule has 0 aromatic carbocycles. The molecular weight excluding hydrogens is 158 g/mol. The minimum atomic E-state index is -0.461. The van der Waals surface area contributed by atoms with Crippen molar-refractivity contribution in [1.82, 2.24) is 5.32 Å². The molecule has 0 aliphatic carbocycles. The van der Waals surface area contributed by atoms with Gasteiger partial charge in [-0.25, -0.2) is 4.79 Å². The number of carbonyl (C=O) groups excluding carboxylic acids is 1. The van der Waals surface area contributed by atoms with Crippen molar-refractivity contribution in [1.29, 1.82) is 0 Å². The maximum absolute atomic E-state index is 10.9. The van der Waals surface area contributed by atoms with E-state index in [9.17, 15) is 4.79 Å². The van der Waals surface area contributed by atoms with Crippen molar-refractivity contribution < 1.29 is 14.3 Å². The van der Waals surface area contributed by atoms with E-state index < -0.39 is 12.4 Å². The number of alkyl carbamates (subject to hydrolysis) is 1. The molecule has 1 fully saturated rings. The Morgan fingerprint density at radius 3 is 2.42 bits per heavy atom. The van der Waals surface area contributed by atoms with Crippen LogP contribution in [0.5, 0.6) is 0 Å². The number of methoxy groups -OCH3 is 1. The van der Waals surface area contributed by atoms with Gasteiger partial charge in [-0.1, -0.05) is 20.8 Å². The summed E-state index contributed by atoms with van der Waals surface area (Å²) in [4.78, 5) is 10.9. The van der Waals surface area contributed by atoms with Crippen molar-refractivity contribution in [3.63, 3.8) is 0 Å². The Bertz CT molecular complexity index is 185. The summed E-state index contributed by atoms with van der Waals surface area (Å²) < 4.78 is 9.89. The van der Waals surface area contributed by atoms with Crippen LogP contribution in [0.4, 0.5) is 4.79 Å². The quantitative estimate of drug-likeness (QED) is 0.646. The van der Waals surface area contributed by atoms with Crippen LogP contribution in [-0.4, -0.2) is 25.5 Å². The predicted octanol–water partition coefficient (Wildman–Crippen LogP) is 1.11. The summed E-state index contributed by atoms with van der Waals surface area (Å²) in [5.74, 6) is 0. The van der Waals surface area contributed by atoms with Crippen LogP contribution in [0.1, 0.15) is 20.8 Å². The third kappa shape index (κ3) is 1.69. The van der Waals surface area contributed by atoms with E-state index in [1.165, 1.54) is 7.11 Å².